The number of hydrogen-bond donors (Lipinski definition) is 1. The van der Waals surface area contributed by atoms with E-state index in [1.54, 1.807) is 12.4 Å². The lowest BCUT2D eigenvalue weighted by Gasteiger charge is -2.09. The molecule has 0 atom stereocenters. The van der Waals surface area contributed by atoms with Gasteiger partial charge in [-0.2, -0.15) is 0 Å². The molecule has 0 saturated heterocycles. The zero-order valence-electron chi connectivity index (χ0n) is 17.2. The molecule has 156 valence electrons. The fraction of sp³-hybridized carbons (Fsp3) is 0.167. The van der Waals surface area contributed by atoms with Crippen molar-refractivity contribution in [2.45, 2.75) is 25.0 Å². The number of pyridine rings is 1. The Kier molecular flexibility index (Phi) is 6.74. The van der Waals surface area contributed by atoms with Crippen molar-refractivity contribution < 1.29 is 4.79 Å². The van der Waals surface area contributed by atoms with Crippen molar-refractivity contribution in [3.63, 3.8) is 0 Å². The van der Waals surface area contributed by atoms with Gasteiger partial charge in [0.05, 0.1) is 5.75 Å². The Hall–Kier alpha value is -3.45. The zero-order valence-corrected chi connectivity index (χ0v) is 18.0. The number of benzene rings is 2. The molecule has 2 heterocycles. The summed E-state index contributed by atoms with van der Waals surface area (Å²) in [5.74, 6) is 0.983. The number of rotatable bonds is 8. The Balaban J connectivity index is 1.39. The summed E-state index contributed by atoms with van der Waals surface area (Å²) in [5.41, 5.74) is 4.00. The number of carbonyl (C=O) groups is 1. The third-order valence-electron chi connectivity index (χ3n) is 4.71. The zero-order chi connectivity index (χ0) is 21.5. The number of nitrogens with one attached hydrogen (secondary N) is 1. The Labute approximate surface area is 185 Å². The molecule has 0 radical (unpaired) electrons. The van der Waals surface area contributed by atoms with E-state index in [2.05, 4.69) is 44.1 Å². The lowest BCUT2D eigenvalue weighted by Crippen LogP contribution is -2.14. The van der Waals surface area contributed by atoms with Gasteiger partial charge in [0.25, 0.3) is 0 Å². The van der Waals surface area contributed by atoms with Gasteiger partial charge in [0.1, 0.15) is 0 Å². The van der Waals surface area contributed by atoms with Crippen LogP contribution < -0.4 is 5.32 Å². The molecule has 4 rings (SSSR count). The second-order valence-electron chi connectivity index (χ2n) is 6.97. The van der Waals surface area contributed by atoms with Gasteiger partial charge in [-0.05, 0) is 41.8 Å². The normalized spacial score (nSPS) is 10.7. The van der Waals surface area contributed by atoms with E-state index >= 15 is 0 Å². The number of thioether (sulfide) groups is 1. The Morgan fingerprint density at radius 3 is 2.32 bits per heavy atom. The molecular formula is C24H23N5OS. The van der Waals surface area contributed by atoms with Crippen LogP contribution in [0, 0.1) is 0 Å². The van der Waals surface area contributed by atoms with Crippen LogP contribution in [0.15, 0.2) is 84.3 Å². The lowest BCUT2D eigenvalue weighted by atomic mass is 10.1. The van der Waals surface area contributed by atoms with E-state index in [4.69, 9.17) is 0 Å². The highest BCUT2D eigenvalue weighted by Crippen LogP contribution is 2.25. The van der Waals surface area contributed by atoms with Crippen LogP contribution in [0.4, 0.5) is 5.69 Å². The summed E-state index contributed by atoms with van der Waals surface area (Å²) in [6, 6.07) is 21.9. The average Bonchev–Trinajstić information content (AvgIpc) is 3.22. The van der Waals surface area contributed by atoms with Crippen molar-refractivity contribution in [2.24, 2.45) is 0 Å². The summed E-state index contributed by atoms with van der Waals surface area (Å²) in [6.07, 6.45) is 4.43. The van der Waals surface area contributed by atoms with Crippen molar-refractivity contribution >= 4 is 23.4 Å². The summed E-state index contributed by atoms with van der Waals surface area (Å²) in [6.45, 7) is 2.89. The first-order chi connectivity index (χ1) is 15.2. The summed E-state index contributed by atoms with van der Waals surface area (Å²) in [7, 11) is 0. The number of aromatic nitrogens is 4. The molecule has 0 spiro atoms. The first kappa shape index (κ1) is 20.8. The minimum absolute atomic E-state index is 0.0750. The molecule has 0 aliphatic rings. The van der Waals surface area contributed by atoms with Crippen molar-refractivity contribution in [2.75, 3.05) is 11.1 Å². The van der Waals surface area contributed by atoms with Crippen LogP contribution in [0.3, 0.4) is 0 Å². The van der Waals surface area contributed by atoms with Crippen LogP contribution in [-0.2, 0) is 11.3 Å². The quantitative estimate of drug-likeness (QED) is 0.392. The number of carbonyl (C=O) groups excluding carboxylic acids is 1. The Morgan fingerprint density at radius 1 is 0.903 bits per heavy atom. The number of nitrogens with zero attached hydrogens (tertiary/aromatic N) is 4. The molecule has 0 fully saturated rings. The van der Waals surface area contributed by atoms with E-state index in [1.807, 2.05) is 54.6 Å². The van der Waals surface area contributed by atoms with Gasteiger partial charge < -0.3 is 9.88 Å². The van der Waals surface area contributed by atoms with Gasteiger partial charge in [-0.3, -0.25) is 9.78 Å². The topological polar surface area (TPSA) is 72.7 Å². The first-order valence-electron chi connectivity index (χ1n) is 10.2. The van der Waals surface area contributed by atoms with Gasteiger partial charge in [-0.25, -0.2) is 0 Å². The molecule has 0 bridgehead atoms. The van der Waals surface area contributed by atoms with Gasteiger partial charge in [0.2, 0.25) is 5.91 Å². The molecule has 7 heteroatoms. The minimum Gasteiger partial charge on any atom is -0.325 e. The Bertz CT molecular complexity index is 1130. The van der Waals surface area contributed by atoms with Crippen molar-refractivity contribution in [1.82, 2.24) is 19.7 Å². The predicted octanol–water partition coefficient (Wildman–Crippen LogP) is 5.15. The van der Waals surface area contributed by atoms with E-state index in [9.17, 15) is 4.79 Å². The molecular weight excluding hydrogens is 406 g/mol. The summed E-state index contributed by atoms with van der Waals surface area (Å²) >= 11 is 1.39. The number of anilines is 1. The van der Waals surface area contributed by atoms with Crippen LogP contribution in [0.1, 0.15) is 13.3 Å². The second kappa shape index (κ2) is 10.0. The third-order valence-corrected chi connectivity index (χ3v) is 5.68. The van der Waals surface area contributed by atoms with Crippen molar-refractivity contribution in [3.05, 3.63) is 79.1 Å². The molecule has 2 aromatic carbocycles. The fourth-order valence-electron chi connectivity index (χ4n) is 3.24. The van der Waals surface area contributed by atoms with Crippen LogP contribution in [0.5, 0.6) is 0 Å². The predicted molar refractivity (Wildman–Crippen MR) is 125 cm³/mol. The molecule has 0 saturated carbocycles. The molecule has 0 aliphatic heterocycles. The smallest absolute Gasteiger partial charge is 0.234 e. The lowest BCUT2D eigenvalue weighted by molar-refractivity contribution is -0.113. The van der Waals surface area contributed by atoms with E-state index < -0.39 is 0 Å². The molecule has 1 amide bonds. The third kappa shape index (κ3) is 5.19. The molecule has 31 heavy (non-hydrogen) atoms. The monoisotopic (exact) mass is 429 g/mol. The summed E-state index contributed by atoms with van der Waals surface area (Å²) in [4.78, 5) is 16.5. The SMILES string of the molecule is CCCn1c(SCC(=O)Nc2ccc(-c3ccccc3)cc2)nnc1-c1ccncc1. The summed E-state index contributed by atoms with van der Waals surface area (Å²) in [5, 5.41) is 12.3. The fourth-order valence-corrected chi connectivity index (χ4v) is 4.00. The van der Waals surface area contributed by atoms with Gasteiger partial charge in [0, 0.05) is 30.2 Å². The molecule has 2 aromatic heterocycles. The molecule has 6 nitrogen and oxygen atoms in total. The Morgan fingerprint density at radius 2 is 1.61 bits per heavy atom. The highest BCUT2D eigenvalue weighted by atomic mass is 32.2. The number of amides is 1. The standard InChI is InChI=1S/C24H23N5OS/c1-2-16-29-23(20-12-14-25-15-13-20)27-28-24(29)31-17-22(30)26-21-10-8-19(9-11-21)18-6-4-3-5-7-18/h3-15H,2,16-17H2,1H3,(H,26,30). The molecule has 1 N–H and O–H groups in total. The van der Waals surface area contributed by atoms with Gasteiger partial charge in [-0.15, -0.1) is 10.2 Å². The molecule has 0 unspecified atom stereocenters. The minimum atomic E-state index is -0.0750. The maximum Gasteiger partial charge on any atom is 0.234 e. The average molecular weight is 430 g/mol. The van der Waals surface area contributed by atoms with Crippen molar-refractivity contribution in [3.8, 4) is 22.5 Å². The van der Waals surface area contributed by atoms with E-state index in [0.29, 0.717) is 0 Å². The van der Waals surface area contributed by atoms with Crippen LogP contribution in [-0.4, -0.2) is 31.4 Å². The van der Waals surface area contributed by atoms with Gasteiger partial charge in [0.15, 0.2) is 11.0 Å². The van der Waals surface area contributed by atoms with Crippen LogP contribution in [0.25, 0.3) is 22.5 Å². The van der Waals surface area contributed by atoms with Crippen molar-refractivity contribution in [1.29, 1.82) is 0 Å². The van der Waals surface area contributed by atoms with Gasteiger partial charge in [-0.1, -0.05) is 61.2 Å². The highest BCUT2D eigenvalue weighted by Gasteiger charge is 2.15. The van der Waals surface area contributed by atoms with E-state index in [-0.39, 0.29) is 11.7 Å². The van der Waals surface area contributed by atoms with E-state index in [1.165, 1.54) is 11.8 Å². The van der Waals surface area contributed by atoms with E-state index in [0.717, 1.165) is 46.3 Å². The maximum absolute atomic E-state index is 12.5. The summed E-state index contributed by atoms with van der Waals surface area (Å²) < 4.78 is 2.06. The second-order valence-corrected chi connectivity index (χ2v) is 7.92. The van der Waals surface area contributed by atoms with Gasteiger partial charge >= 0.3 is 0 Å². The van der Waals surface area contributed by atoms with Crippen LogP contribution >= 0.6 is 11.8 Å². The molecule has 0 aliphatic carbocycles. The first-order valence-corrected chi connectivity index (χ1v) is 11.1. The van der Waals surface area contributed by atoms with Crippen LogP contribution in [0.2, 0.25) is 0 Å². The largest absolute Gasteiger partial charge is 0.325 e. The number of hydrogen-bond acceptors (Lipinski definition) is 5. The molecule has 4 aromatic rings. The maximum atomic E-state index is 12.5. The highest BCUT2D eigenvalue weighted by molar-refractivity contribution is 7.99.